The highest BCUT2D eigenvalue weighted by atomic mass is 16.5. The molecule has 2 rings (SSSR count). The molecule has 1 saturated heterocycles. The summed E-state index contributed by atoms with van der Waals surface area (Å²) in [6.45, 7) is 1.93. The summed E-state index contributed by atoms with van der Waals surface area (Å²) in [4.78, 5) is 14.2. The molecule has 104 valence electrons. The molecule has 0 aromatic carbocycles. The molecule has 18 heavy (non-hydrogen) atoms. The Hall–Kier alpha value is -0.610. The number of rotatable bonds is 4. The molecule has 0 amide bonds. The lowest BCUT2D eigenvalue weighted by atomic mass is 9.78. The van der Waals surface area contributed by atoms with Gasteiger partial charge in [0.2, 0.25) is 0 Å². The fraction of sp³-hybridized carbons (Fsp3) is 0.929. The fourth-order valence-electron chi connectivity index (χ4n) is 3.62. The van der Waals surface area contributed by atoms with Gasteiger partial charge in [-0.1, -0.05) is 12.8 Å². The number of hydrogen-bond donors (Lipinski definition) is 1. The number of carbonyl (C=O) groups is 1. The van der Waals surface area contributed by atoms with E-state index in [-0.39, 0.29) is 12.0 Å². The van der Waals surface area contributed by atoms with Crippen LogP contribution in [0.4, 0.5) is 0 Å². The third-order valence-electron chi connectivity index (χ3n) is 4.61. The van der Waals surface area contributed by atoms with Crippen molar-refractivity contribution in [3.63, 3.8) is 0 Å². The normalized spacial score (nSPS) is 30.6. The van der Waals surface area contributed by atoms with Crippen molar-refractivity contribution in [1.82, 2.24) is 10.2 Å². The van der Waals surface area contributed by atoms with Crippen molar-refractivity contribution < 1.29 is 9.53 Å². The molecule has 4 heteroatoms. The van der Waals surface area contributed by atoms with Crippen molar-refractivity contribution in [2.24, 2.45) is 5.92 Å². The Morgan fingerprint density at radius 2 is 2.06 bits per heavy atom. The molecular formula is C14H26N2O2. The van der Waals surface area contributed by atoms with Crippen LogP contribution in [0.3, 0.4) is 0 Å². The van der Waals surface area contributed by atoms with Crippen LogP contribution in [-0.4, -0.2) is 50.2 Å². The van der Waals surface area contributed by atoms with Crippen LogP contribution in [0.1, 0.15) is 38.5 Å². The van der Waals surface area contributed by atoms with Crippen LogP contribution in [-0.2, 0) is 9.53 Å². The van der Waals surface area contributed by atoms with E-state index in [1.165, 1.54) is 45.6 Å². The Morgan fingerprint density at radius 1 is 1.33 bits per heavy atom. The van der Waals surface area contributed by atoms with E-state index < -0.39 is 0 Å². The number of ether oxygens (including phenoxy) is 1. The highest BCUT2D eigenvalue weighted by Crippen LogP contribution is 2.35. The number of esters is 1. The molecule has 2 fully saturated rings. The second-order valence-electron chi connectivity index (χ2n) is 5.61. The molecule has 2 aliphatic rings. The minimum atomic E-state index is -0.185. The summed E-state index contributed by atoms with van der Waals surface area (Å²) in [5.74, 6) is 0.720. The first-order chi connectivity index (χ1) is 8.76. The molecule has 0 bridgehead atoms. The monoisotopic (exact) mass is 254 g/mol. The zero-order valence-electron chi connectivity index (χ0n) is 11.7. The number of likely N-dealkylation sites (tertiary alicyclic amines) is 1. The first-order valence-corrected chi connectivity index (χ1v) is 7.25. The largest absolute Gasteiger partial charge is 0.468 e. The molecular weight excluding hydrogens is 228 g/mol. The third kappa shape index (κ3) is 3.04. The van der Waals surface area contributed by atoms with Crippen LogP contribution in [0, 0.1) is 5.92 Å². The molecule has 1 saturated carbocycles. The maximum Gasteiger partial charge on any atom is 0.324 e. The molecule has 0 aromatic heterocycles. The van der Waals surface area contributed by atoms with Gasteiger partial charge in [-0.15, -0.1) is 0 Å². The van der Waals surface area contributed by atoms with E-state index in [0.29, 0.717) is 6.04 Å². The Kier molecular flexibility index (Phi) is 5.01. The van der Waals surface area contributed by atoms with Gasteiger partial charge in [-0.25, -0.2) is 0 Å². The van der Waals surface area contributed by atoms with E-state index in [4.69, 9.17) is 4.74 Å². The average molecular weight is 254 g/mol. The predicted octanol–water partition coefficient (Wildman–Crippen LogP) is 1.40. The van der Waals surface area contributed by atoms with Crippen LogP contribution in [0.25, 0.3) is 0 Å². The van der Waals surface area contributed by atoms with Crippen molar-refractivity contribution >= 4 is 5.97 Å². The average Bonchev–Trinajstić information content (AvgIpc) is 2.44. The van der Waals surface area contributed by atoms with Crippen molar-refractivity contribution in [2.75, 3.05) is 27.2 Å². The zero-order valence-corrected chi connectivity index (χ0v) is 11.7. The van der Waals surface area contributed by atoms with Crippen molar-refractivity contribution in [3.8, 4) is 0 Å². The lowest BCUT2D eigenvalue weighted by Gasteiger charge is -2.45. The topological polar surface area (TPSA) is 41.6 Å². The highest BCUT2D eigenvalue weighted by Gasteiger charge is 2.35. The van der Waals surface area contributed by atoms with Crippen molar-refractivity contribution in [1.29, 1.82) is 0 Å². The SMILES string of the molecule is CNC(CN1CCC[C@H]2CCCC[C@H]21)C(=O)OC. The van der Waals surface area contributed by atoms with Gasteiger partial charge in [0, 0.05) is 12.6 Å². The Bertz CT molecular complexity index is 281. The first-order valence-electron chi connectivity index (χ1n) is 7.25. The van der Waals surface area contributed by atoms with Crippen molar-refractivity contribution in [2.45, 2.75) is 50.6 Å². The Balaban J connectivity index is 1.95. The molecule has 1 heterocycles. The smallest absolute Gasteiger partial charge is 0.324 e. The standard InChI is InChI=1S/C14H26N2O2/c1-15-12(14(17)18-2)10-16-9-5-7-11-6-3-4-8-13(11)16/h11-13,15H,3-10H2,1-2H3/t11-,12?,13-/m1/s1. The van der Waals surface area contributed by atoms with E-state index in [0.717, 1.165) is 19.0 Å². The molecule has 0 aromatic rings. The van der Waals surface area contributed by atoms with E-state index >= 15 is 0 Å². The molecule has 3 atom stereocenters. The van der Waals surface area contributed by atoms with Gasteiger partial charge in [-0.05, 0) is 45.2 Å². The van der Waals surface area contributed by atoms with Gasteiger partial charge >= 0.3 is 5.97 Å². The van der Waals surface area contributed by atoms with Crippen molar-refractivity contribution in [3.05, 3.63) is 0 Å². The zero-order chi connectivity index (χ0) is 13.0. The van der Waals surface area contributed by atoms with E-state index in [2.05, 4.69) is 10.2 Å². The van der Waals surface area contributed by atoms with Gasteiger partial charge in [0.1, 0.15) is 6.04 Å². The summed E-state index contributed by atoms with van der Waals surface area (Å²) >= 11 is 0. The van der Waals surface area contributed by atoms with Crippen LogP contribution in [0.5, 0.6) is 0 Å². The quantitative estimate of drug-likeness (QED) is 0.770. The molecule has 0 spiro atoms. The lowest BCUT2D eigenvalue weighted by Crippen LogP contribution is -2.53. The van der Waals surface area contributed by atoms with Crippen LogP contribution < -0.4 is 5.32 Å². The Labute approximate surface area is 110 Å². The number of methoxy groups -OCH3 is 1. The van der Waals surface area contributed by atoms with Gasteiger partial charge in [0.15, 0.2) is 0 Å². The minimum absolute atomic E-state index is 0.143. The van der Waals surface area contributed by atoms with E-state index in [1.807, 2.05) is 7.05 Å². The first kappa shape index (κ1) is 13.8. The maximum atomic E-state index is 11.7. The molecule has 1 N–H and O–H groups in total. The predicted molar refractivity (Wildman–Crippen MR) is 71.4 cm³/mol. The fourth-order valence-corrected chi connectivity index (χ4v) is 3.62. The number of nitrogens with one attached hydrogen (secondary N) is 1. The van der Waals surface area contributed by atoms with Crippen LogP contribution >= 0.6 is 0 Å². The molecule has 4 nitrogen and oxygen atoms in total. The third-order valence-corrected chi connectivity index (χ3v) is 4.61. The molecule has 1 aliphatic heterocycles. The molecule has 1 unspecified atom stereocenters. The van der Waals surface area contributed by atoms with Gasteiger partial charge in [0.05, 0.1) is 7.11 Å². The number of hydrogen-bond acceptors (Lipinski definition) is 4. The van der Waals surface area contributed by atoms with E-state index in [9.17, 15) is 4.79 Å². The second kappa shape index (κ2) is 6.53. The molecule has 0 radical (unpaired) electrons. The summed E-state index contributed by atoms with van der Waals surface area (Å²) in [6, 6.07) is 0.517. The summed E-state index contributed by atoms with van der Waals surface area (Å²) in [5, 5.41) is 3.08. The number of piperidine rings is 1. The van der Waals surface area contributed by atoms with Gasteiger partial charge < -0.3 is 10.1 Å². The van der Waals surface area contributed by atoms with Gasteiger partial charge in [-0.2, -0.15) is 0 Å². The summed E-state index contributed by atoms with van der Waals surface area (Å²) in [7, 11) is 3.30. The minimum Gasteiger partial charge on any atom is -0.468 e. The summed E-state index contributed by atoms with van der Waals surface area (Å²) in [6.07, 6.45) is 8.08. The maximum absolute atomic E-state index is 11.7. The number of carbonyl (C=O) groups excluding carboxylic acids is 1. The number of likely N-dealkylation sites (N-methyl/N-ethyl adjacent to an activating group) is 1. The van der Waals surface area contributed by atoms with Gasteiger partial charge in [-0.3, -0.25) is 9.69 Å². The second-order valence-corrected chi connectivity index (χ2v) is 5.61. The summed E-state index contributed by atoms with van der Waals surface area (Å²) < 4.78 is 4.85. The summed E-state index contributed by atoms with van der Waals surface area (Å²) in [5.41, 5.74) is 0. The lowest BCUT2D eigenvalue weighted by molar-refractivity contribution is -0.144. The van der Waals surface area contributed by atoms with Crippen LogP contribution in [0.15, 0.2) is 0 Å². The molecule has 1 aliphatic carbocycles. The highest BCUT2D eigenvalue weighted by molar-refractivity contribution is 5.75. The number of nitrogens with zero attached hydrogens (tertiary/aromatic N) is 1. The Morgan fingerprint density at radius 3 is 2.78 bits per heavy atom. The van der Waals surface area contributed by atoms with Crippen LogP contribution in [0.2, 0.25) is 0 Å². The van der Waals surface area contributed by atoms with Gasteiger partial charge in [0.25, 0.3) is 0 Å². The van der Waals surface area contributed by atoms with E-state index in [1.54, 1.807) is 0 Å². The number of fused-ring (bicyclic) bond motifs is 1.